The first-order valence-corrected chi connectivity index (χ1v) is 7.23. The number of benzene rings is 1. The molecule has 4 nitrogen and oxygen atoms in total. The van der Waals surface area contributed by atoms with E-state index in [2.05, 4.69) is 6.92 Å². The van der Waals surface area contributed by atoms with Crippen molar-refractivity contribution in [2.24, 2.45) is 11.7 Å². The lowest BCUT2D eigenvalue weighted by atomic mass is 9.87. The highest BCUT2D eigenvalue weighted by molar-refractivity contribution is 5.80. The van der Waals surface area contributed by atoms with E-state index in [0.717, 1.165) is 19.3 Å². The minimum atomic E-state index is -1.47. The molecule has 1 aliphatic rings. The Labute approximate surface area is 119 Å². The summed E-state index contributed by atoms with van der Waals surface area (Å²) < 4.78 is 5.87. The maximum absolute atomic E-state index is 11.6. The van der Waals surface area contributed by atoms with E-state index < -0.39 is 11.5 Å². The van der Waals surface area contributed by atoms with E-state index in [9.17, 15) is 9.90 Å². The first-order valence-electron chi connectivity index (χ1n) is 7.23. The zero-order chi connectivity index (χ0) is 14.6. The van der Waals surface area contributed by atoms with Crippen LogP contribution in [-0.4, -0.2) is 23.8 Å². The fourth-order valence-electron chi connectivity index (χ4n) is 2.77. The van der Waals surface area contributed by atoms with Crippen LogP contribution in [0.15, 0.2) is 30.3 Å². The second-order valence-corrected chi connectivity index (χ2v) is 5.75. The van der Waals surface area contributed by atoms with Gasteiger partial charge in [-0.25, -0.2) is 4.79 Å². The van der Waals surface area contributed by atoms with Crippen molar-refractivity contribution < 1.29 is 14.6 Å². The predicted molar refractivity (Wildman–Crippen MR) is 77.3 cm³/mol. The number of rotatable bonds is 5. The van der Waals surface area contributed by atoms with Crippen LogP contribution in [0.1, 0.15) is 38.2 Å². The first kappa shape index (κ1) is 15.0. The van der Waals surface area contributed by atoms with E-state index in [1.54, 1.807) is 24.3 Å². The molecule has 0 heterocycles. The Morgan fingerprint density at radius 2 is 2.00 bits per heavy atom. The van der Waals surface area contributed by atoms with Crippen LogP contribution in [0.25, 0.3) is 0 Å². The Bertz CT molecular complexity index is 448. The van der Waals surface area contributed by atoms with E-state index in [4.69, 9.17) is 10.5 Å². The molecule has 0 amide bonds. The maximum atomic E-state index is 11.6. The van der Waals surface area contributed by atoms with Crippen LogP contribution in [0.2, 0.25) is 0 Å². The molecule has 1 fully saturated rings. The summed E-state index contributed by atoms with van der Waals surface area (Å²) >= 11 is 0. The zero-order valence-corrected chi connectivity index (χ0v) is 11.9. The molecule has 4 heteroatoms. The molecule has 1 aliphatic carbocycles. The van der Waals surface area contributed by atoms with Gasteiger partial charge in [-0.15, -0.1) is 0 Å². The molecule has 1 aromatic rings. The second-order valence-electron chi connectivity index (χ2n) is 5.75. The highest BCUT2D eigenvalue weighted by atomic mass is 16.5. The molecular formula is C16H23NO3. The van der Waals surface area contributed by atoms with Crippen LogP contribution in [-0.2, 0) is 15.1 Å². The van der Waals surface area contributed by atoms with Crippen molar-refractivity contribution in [1.29, 1.82) is 0 Å². The van der Waals surface area contributed by atoms with E-state index in [-0.39, 0.29) is 12.7 Å². The number of hydrogen-bond donors (Lipinski definition) is 2. The third-order valence-electron chi connectivity index (χ3n) is 4.23. The predicted octanol–water partition coefficient (Wildman–Crippen LogP) is 2.52. The van der Waals surface area contributed by atoms with Gasteiger partial charge < -0.3 is 15.6 Å². The summed E-state index contributed by atoms with van der Waals surface area (Å²) in [4.78, 5) is 11.6. The summed E-state index contributed by atoms with van der Waals surface area (Å²) in [6.45, 7) is 2.17. The smallest absolute Gasteiger partial charge is 0.330 e. The second kappa shape index (κ2) is 6.37. The van der Waals surface area contributed by atoms with Crippen molar-refractivity contribution in [1.82, 2.24) is 0 Å². The maximum Gasteiger partial charge on any atom is 0.330 e. The lowest BCUT2D eigenvalue weighted by Crippen LogP contribution is -2.50. The van der Waals surface area contributed by atoms with Gasteiger partial charge in [-0.2, -0.15) is 0 Å². The van der Waals surface area contributed by atoms with Gasteiger partial charge in [0, 0.05) is 0 Å². The highest BCUT2D eigenvalue weighted by Crippen LogP contribution is 2.28. The Morgan fingerprint density at radius 3 is 2.60 bits per heavy atom. The van der Waals surface area contributed by atoms with Crippen molar-refractivity contribution in [2.45, 2.75) is 44.2 Å². The van der Waals surface area contributed by atoms with Gasteiger partial charge in [0.25, 0.3) is 0 Å². The van der Waals surface area contributed by atoms with Crippen LogP contribution < -0.4 is 5.73 Å². The minimum Gasteiger partial charge on any atom is -0.480 e. The normalized spacial score (nSPS) is 25.9. The topological polar surface area (TPSA) is 72.5 Å². The number of carboxylic acids is 1. The Hall–Kier alpha value is -1.39. The lowest BCUT2D eigenvalue weighted by Gasteiger charge is -2.32. The molecule has 0 aromatic heterocycles. The molecular weight excluding hydrogens is 254 g/mol. The summed E-state index contributed by atoms with van der Waals surface area (Å²) in [6, 6.07) is 8.91. The van der Waals surface area contributed by atoms with Crippen LogP contribution in [0.5, 0.6) is 0 Å². The van der Waals surface area contributed by atoms with Crippen LogP contribution in [0.3, 0.4) is 0 Å². The quantitative estimate of drug-likeness (QED) is 0.867. The van der Waals surface area contributed by atoms with Gasteiger partial charge in [0.1, 0.15) is 0 Å². The SMILES string of the molecule is CC1CCCCC1OCC(N)(C(=O)O)c1ccccc1. The number of nitrogens with two attached hydrogens (primary N) is 1. The molecule has 1 aromatic carbocycles. The summed E-state index contributed by atoms with van der Waals surface area (Å²) in [5.41, 5.74) is 5.21. The van der Waals surface area contributed by atoms with E-state index in [1.165, 1.54) is 6.42 Å². The summed E-state index contributed by atoms with van der Waals surface area (Å²) in [5.74, 6) is -0.579. The standard InChI is InChI=1S/C16H23NO3/c1-12-7-5-6-10-14(12)20-11-16(17,15(18)19)13-8-3-2-4-9-13/h2-4,8-9,12,14H,5-7,10-11,17H2,1H3,(H,18,19). The van der Waals surface area contributed by atoms with E-state index in [0.29, 0.717) is 11.5 Å². The van der Waals surface area contributed by atoms with Crippen LogP contribution in [0, 0.1) is 5.92 Å². The van der Waals surface area contributed by atoms with Gasteiger partial charge in [-0.1, -0.05) is 50.1 Å². The molecule has 3 N–H and O–H groups in total. The van der Waals surface area contributed by atoms with Crippen molar-refractivity contribution in [3.63, 3.8) is 0 Å². The molecule has 3 unspecified atom stereocenters. The van der Waals surface area contributed by atoms with Gasteiger partial charge in [0.2, 0.25) is 0 Å². The largest absolute Gasteiger partial charge is 0.480 e. The third kappa shape index (κ3) is 3.19. The molecule has 110 valence electrons. The molecule has 0 saturated heterocycles. The lowest BCUT2D eigenvalue weighted by molar-refractivity contribution is -0.148. The molecule has 0 aliphatic heterocycles. The van der Waals surface area contributed by atoms with Gasteiger partial charge in [0.15, 0.2) is 5.54 Å². The summed E-state index contributed by atoms with van der Waals surface area (Å²) in [7, 11) is 0. The Kier molecular flexibility index (Phi) is 4.78. The average molecular weight is 277 g/mol. The van der Waals surface area contributed by atoms with Gasteiger partial charge in [0.05, 0.1) is 12.7 Å². The number of hydrogen-bond acceptors (Lipinski definition) is 3. The number of aliphatic carboxylic acids is 1. The van der Waals surface area contributed by atoms with Crippen molar-refractivity contribution in [3.8, 4) is 0 Å². The highest BCUT2D eigenvalue weighted by Gasteiger charge is 2.38. The summed E-state index contributed by atoms with van der Waals surface area (Å²) in [6.07, 6.45) is 4.62. The zero-order valence-electron chi connectivity index (χ0n) is 11.9. The number of carboxylic acid groups (broad SMARTS) is 1. The molecule has 20 heavy (non-hydrogen) atoms. The molecule has 0 radical (unpaired) electrons. The molecule has 2 rings (SSSR count). The Balaban J connectivity index is 2.08. The minimum absolute atomic E-state index is 0.0152. The molecule has 0 spiro atoms. The van der Waals surface area contributed by atoms with Crippen molar-refractivity contribution in [2.75, 3.05) is 6.61 Å². The van der Waals surface area contributed by atoms with Gasteiger partial charge >= 0.3 is 5.97 Å². The molecule has 1 saturated carbocycles. The van der Waals surface area contributed by atoms with Crippen LogP contribution >= 0.6 is 0 Å². The van der Waals surface area contributed by atoms with Crippen molar-refractivity contribution in [3.05, 3.63) is 35.9 Å². The van der Waals surface area contributed by atoms with Gasteiger partial charge in [-0.3, -0.25) is 0 Å². The van der Waals surface area contributed by atoms with E-state index >= 15 is 0 Å². The van der Waals surface area contributed by atoms with Gasteiger partial charge in [-0.05, 0) is 24.3 Å². The van der Waals surface area contributed by atoms with Crippen LogP contribution in [0.4, 0.5) is 0 Å². The number of ether oxygens (including phenoxy) is 1. The fraction of sp³-hybridized carbons (Fsp3) is 0.562. The molecule has 3 atom stereocenters. The average Bonchev–Trinajstić information content (AvgIpc) is 2.47. The van der Waals surface area contributed by atoms with E-state index in [1.807, 2.05) is 6.07 Å². The first-order chi connectivity index (χ1) is 9.54. The number of carbonyl (C=O) groups is 1. The summed E-state index contributed by atoms with van der Waals surface area (Å²) in [5, 5.41) is 9.48. The molecule has 0 bridgehead atoms. The fourth-order valence-corrected chi connectivity index (χ4v) is 2.77. The Morgan fingerprint density at radius 1 is 1.35 bits per heavy atom. The van der Waals surface area contributed by atoms with Crippen molar-refractivity contribution >= 4 is 5.97 Å². The third-order valence-corrected chi connectivity index (χ3v) is 4.23. The monoisotopic (exact) mass is 277 g/mol.